The molecule has 8 heteroatoms. The normalized spacial score (nSPS) is 17.0. The van der Waals surface area contributed by atoms with E-state index in [1.54, 1.807) is 6.92 Å². The fraction of sp³-hybridized carbons (Fsp3) is 0.462. The van der Waals surface area contributed by atoms with Gasteiger partial charge in [-0.3, -0.25) is 20.2 Å². The molecule has 1 fully saturated rings. The second-order valence-electron chi connectivity index (χ2n) is 5.28. The van der Waals surface area contributed by atoms with Crippen molar-refractivity contribution in [3.05, 3.63) is 34.1 Å². The summed E-state index contributed by atoms with van der Waals surface area (Å²) in [5.74, 6) is -1.62. The van der Waals surface area contributed by atoms with Gasteiger partial charge in [-0.25, -0.2) is 4.39 Å². The topological polar surface area (TPSA) is 107 Å². The molecule has 0 radical (unpaired) electrons. The van der Waals surface area contributed by atoms with E-state index in [1.165, 1.54) is 0 Å². The Morgan fingerprint density at radius 3 is 2.76 bits per heavy atom. The van der Waals surface area contributed by atoms with E-state index in [0.717, 1.165) is 31.0 Å². The maximum Gasteiger partial charge on any atom is 0.272 e. The molecular weight excluding hydrogens is 281 g/mol. The highest BCUT2D eigenvalue weighted by Crippen LogP contribution is 2.25. The summed E-state index contributed by atoms with van der Waals surface area (Å²) in [6.07, 6.45) is 1.91. The number of primary amides is 1. The number of nitrogens with one attached hydrogen (secondary N) is 1. The van der Waals surface area contributed by atoms with Crippen LogP contribution in [0, 0.1) is 15.9 Å². The third-order valence-corrected chi connectivity index (χ3v) is 3.29. The van der Waals surface area contributed by atoms with Crippen LogP contribution in [0.1, 0.15) is 19.8 Å². The lowest BCUT2D eigenvalue weighted by Gasteiger charge is -2.27. The molecule has 1 atom stereocenters. The minimum absolute atomic E-state index is 0.159. The monoisotopic (exact) mass is 297 g/mol. The number of ether oxygens (including phenoxy) is 1. The maximum absolute atomic E-state index is 13.7. The van der Waals surface area contributed by atoms with Crippen molar-refractivity contribution in [2.75, 3.05) is 6.61 Å². The summed E-state index contributed by atoms with van der Waals surface area (Å²) in [6, 6.07) is 3.28. The third-order valence-electron chi connectivity index (χ3n) is 3.29. The number of hydrogen-bond acceptors (Lipinski definition) is 5. The van der Waals surface area contributed by atoms with E-state index in [1.807, 2.05) is 0 Å². The minimum Gasteiger partial charge on any atom is -0.488 e. The molecule has 1 unspecified atom stereocenters. The van der Waals surface area contributed by atoms with Crippen LogP contribution in [0.4, 0.5) is 10.1 Å². The summed E-state index contributed by atoms with van der Waals surface area (Å²) in [5.41, 5.74) is 3.87. The predicted octanol–water partition coefficient (Wildman–Crippen LogP) is 1.11. The molecule has 21 heavy (non-hydrogen) atoms. The Balaban J connectivity index is 2.06. The van der Waals surface area contributed by atoms with Crippen molar-refractivity contribution in [3.8, 4) is 5.75 Å². The molecule has 1 saturated carbocycles. The molecule has 3 N–H and O–H groups in total. The first-order chi connectivity index (χ1) is 9.82. The van der Waals surface area contributed by atoms with Crippen LogP contribution in [-0.4, -0.2) is 29.0 Å². The highest BCUT2D eigenvalue weighted by molar-refractivity contribution is 5.84. The molecule has 1 aliphatic carbocycles. The van der Waals surface area contributed by atoms with Crippen LogP contribution in [-0.2, 0) is 4.79 Å². The lowest BCUT2D eigenvalue weighted by atomic mass is 10.0. The highest BCUT2D eigenvalue weighted by Gasteiger charge is 2.38. The van der Waals surface area contributed by atoms with E-state index >= 15 is 0 Å². The lowest BCUT2D eigenvalue weighted by Crippen LogP contribution is -2.57. The molecule has 0 aliphatic heterocycles. The van der Waals surface area contributed by atoms with Crippen LogP contribution in [0.3, 0.4) is 0 Å². The Hall–Kier alpha value is -2.22. The van der Waals surface area contributed by atoms with Gasteiger partial charge < -0.3 is 10.5 Å². The van der Waals surface area contributed by atoms with Crippen molar-refractivity contribution in [2.24, 2.45) is 5.73 Å². The Morgan fingerprint density at radius 2 is 2.29 bits per heavy atom. The first-order valence-corrected chi connectivity index (χ1v) is 6.46. The van der Waals surface area contributed by atoms with Gasteiger partial charge in [0.25, 0.3) is 5.69 Å². The average molecular weight is 297 g/mol. The maximum atomic E-state index is 13.7. The first-order valence-electron chi connectivity index (χ1n) is 6.46. The number of carbonyl (C=O) groups is 1. The fourth-order valence-electron chi connectivity index (χ4n) is 1.80. The summed E-state index contributed by atoms with van der Waals surface area (Å²) in [6.45, 7) is 1.42. The van der Waals surface area contributed by atoms with Gasteiger partial charge in [0.05, 0.1) is 11.0 Å². The average Bonchev–Trinajstić information content (AvgIpc) is 3.20. The standard InChI is InChI=1S/C13H16FN3O4/c1-13(12(15)18,16-8-2-3-8)7-21-11-5-4-9(17(19)20)6-10(11)14/h4-6,8,16H,2-3,7H2,1H3,(H2,15,18). The van der Waals surface area contributed by atoms with Gasteiger partial charge in [0, 0.05) is 12.1 Å². The van der Waals surface area contributed by atoms with Crippen LogP contribution in [0.5, 0.6) is 5.75 Å². The molecule has 0 spiro atoms. The number of amides is 1. The van der Waals surface area contributed by atoms with Gasteiger partial charge in [-0.2, -0.15) is 0 Å². The van der Waals surface area contributed by atoms with Crippen molar-refractivity contribution in [1.82, 2.24) is 5.32 Å². The molecule has 7 nitrogen and oxygen atoms in total. The smallest absolute Gasteiger partial charge is 0.272 e. The number of nitrogens with two attached hydrogens (primary N) is 1. The molecule has 0 aromatic heterocycles. The zero-order valence-corrected chi connectivity index (χ0v) is 11.5. The van der Waals surface area contributed by atoms with Crippen LogP contribution in [0.25, 0.3) is 0 Å². The van der Waals surface area contributed by atoms with Gasteiger partial charge in [0.1, 0.15) is 12.1 Å². The van der Waals surface area contributed by atoms with Gasteiger partial charge in [-0.1, -0.05) is 0 Å². The van der Waals surface area contributed by atoms with Gasteiger partial charge in [0.15, 0.2) is 11.6 Å². The number of carbonyl (C=O) groups excluding carboxylic acids is 1. The second-order valence-corrected chi connectivity index (χ2v) is 5.28. The molecule has 2 rings (SSSR count). The number of nitro benzene ring substituents is 1. The zero-order valence-electron chi connectivity index (χ0n) is 11.5. The Bertz CT molecular complexity index is 577. The molecule has 0 bridgehead atoms. The molecule has 114 valence electrons. The molecule has 1 aromatic rings. The number of hydrogen-bond donors (Lipinski definition) is 2. The summed E-state index contributed by atoms with van der Waals surface area (Å²) in [5, 5.41) is 13.6. The quantitative estimate of drug-likeness (QED) is 0.579. The molecule has 1 amide bonds. The van der Waals surface area contributed by atoms with E-state index in [9.17, 15) is 19.3 Å². The predicted molar refractivity (Wildman–Crippen MR) is 72.3 cm³/mol. The first kappa shape index (κ1) is 15.2. The van der Waals surface area contributed by atoms with Gasteiger partial charge in [-0.15, -0.1) is 0 Å². The van der Waals surface area contributed by atoms with Gasteiger partial charge >= 0.3 is 0 Å². The summed E-state index contributed by atoms with van der Waals surface area (Å²) >= 11 is 0. The van der Waals surface area contributed by atoms with Crippen molar-refractivity contribution in [1.29, 1.82) is 0 Å². The molecule has 0 heterocycles. The van der Waals surface area contributed by atoms with E-state index in [-0.39, 0.29) is 24.1 Å². The minimum atomic E-state index is -1.12. The van der Waals surface area contributed by atoms with Gasteiger partial charge in [-0.05, 0) is 25.8 Å². The third kappa shape index (κ3) is 3.66. The molecule has 1 aliphatic rings. The Morgan fingerprint density at radius 1 is 1.62 bits per heavy atom. The molecule has 1 aromatic carbocycles. The second kappa shape index (κ2) is 5.65. The largest absolute Gasteiger partial charge is 0.488 e. The van der Waals surface area contributed by atoms with E-state index in [0.29, 0.717) is 0 Å². The number of benzene rings is 1. The van der Waals surface area contributed by atoms with E-state index in [2.05, 4.69) is 5.32 Å². The van der Waals surface area contributed by atoms with Crippen molar-refractivity contribution >= 4 is 11.6 Å². The van der Waals surface area contributed by atoms with Crippen molar-refractivity contribution in [2.45, 2.75) is 31.3 Å². The van der Waals surface area contributed by atoms with Crippen LogP contribution >= 0.6 is 0 Å². The lowest BCUT2D eigenvalue weighted by molar-refractivity contribution is -0.385. The Labute approximate surface area is 120 Å². The van der Waals surface area contributed by atoms with Crippen LogP contribution < -0.4 is 15.8 Å². The molecular formula is C13H16FN3O4. The highest BCUT2D eigenvalue weighted by atomic mass is 19.1. The van der Waals surface area contributed by atoms with Gasteiger partial charge in [0.2, 0.25) is 5.91 Å². The number of rotatable bonds is 7. The van der Waals surface area contributed by atoms with E-state index < -0.39 is 22.2 Å². The zero-order chi connectivity index (χ0) is 15.6. The number of halogens is 1. The van der Waals surface area contributed by atoms with E-state index in [4.69, 9.17) is 10.5 Å². The van der Waals surface area contributed by atoms with Crippen molar-refractivity contribution in [3.63, 3.8) is 0 Å². The summed E-state index contributed by atoms with van der Waals surface area (Å²) < 4.78 is 19.0. The van der Waals surface area contributed by atoms with Crippen molar-refractivity contribution < 1.29 is 18.8 Å². The van der Waals surface area contributed by atoms with Crippen LogP contribution in [0.2, 0.25) is 0 Å². The SMILES string of the molecule is CC(COc1ccc([N+](=O)[O-])cc1F)(NC1CC1)C(N)=O. The summed E-state index contributed by atoms with van der Waals surface area (Å²) in [4.78, 5) is 21.4. The summed E-state index contributed by atoms with van der Waals surface area (Å²) in [7, 11) is 0. The Kier molecular flexibility index (Phi) is 4.08. The molecule has 0 saturated heterocycles. The number of nitro groups is 1. The number of non-ortho nitro benzene ring substituents is 1. The fourth-order valence-corrected chi connectivity index (χ4v) is 1.80. The number of nitrogens with zero attached hydrogens (tertiary/aromatic N) is 1. The van der Waals surface area contributed by atoms with Crippen LogP contribution in [0.15, 0.2) is 18.2 Å².